The van der Waals surface area contributed by atoms with E-state index in [2.05, 4.69) is 20.7 Å². The van der Waals surface area contributed by atoms with Crippen LogP contribution in [0.1, 0.15) is 27.9 Å². The molecule has 1 amide bonds. The number of hydrogen-bond acceptors (Lipinski definition) is 6. The van der Waals surface area contributed by atoms with E-state index in [4.69, 9.17) is 5.73 Å². The van der Waals surface area contributed by atoms with Crippen molar-refractivity contribution in [1.29, 1.82) is 0 Å². The van der Waals surface area contributed by atoms with Crippen molar-refractivity contribution in [3.05, 3.63) is 87.2 Å². The van der Waals surface area contributed by atoms with Crippen molar-refractivity contribution >= 4 is 11.7 Å². The van der Waals surface area contributed by atoms with Gasteiger partial charge in [0.25, 0.3) is 5.56 Å². The molecule has 0 bridgehead atoms. The number of nitrogens with two attached hydrogens (primary N) is 1. The van der Waals surface area contributed by atoms with Crippen LogP contribution in [0, 0.1) is 13.8 Å². The fraction of sp³-hybridized carbons (Fsp3) is 0.238. The summed E-state index contributed by atoms with van der Waals surface area (Å²) in [6.45, 7) is 4.44. The van der Waals surface area contributed by atoms with E-state index < -0.39 is 0 Å². The van der Waals surface area contributed by atoms with Crippen LogP contribution in [0.15, 0.2) is 53.7 Å². The van der Waals surface area contributed by atoms with Crippen LogP contribution in [0.4, 0.5) is 5.82 Å². The van der Waals surface area contributed by atoms with Gasteiger partial charge in [0.05, 0.1) is 13.0 Å². The molecule has 0 aliphatic rings. The van der Waals surface area contributed by atoms with Crippen LogP contribution < -0.4 is 22.0 Å². The van der Waals surface area contributed by atoms with E-state index >= 15 is 0 Å². The Kier molecular flexibility index (Phi) is 6.23. The Morgan fingerprint density at radius 3 is 2.72 bits per heavy atom. The maximum atomic E-state index is 12.8. The van der Waals surface area contributed by atoms with Gasteiger partial charge in [-0.05, 0) is 48.7 Å². The first kappa shape index (κ1) is 20.1. The number of aromatic nitrogens is 3. The summed E-state index contributed by atoms with van der Waals surface area (Å²) in [7, 11) is 0. The van der Waals surface area contributed by atoms with Crippen LogP contribution in [0.5, 0.6) is 0 Å². The van der Waals surface area contributed by atoms with Crippen molar-refractivity contribution in [3.63, 3.8) is 0 Å². The number of pyridine rings is 3. The van der Waals surface area contributed by atoms with Gasteiger partial charge in [0.2, 0.25) is 5.91 Å². The third-order valence-electron chi connectivity index (χ3n) is 4.63. The summed E-state index contributed by atoms with van der Waals surface area (Å²) in [6, 6.07) is 9.10. The molecule has 3 aromatic rings. The first-order valence-corrected chi connectivity index (χ1v) is 9.26. The first-order valence-electron chi connectivity index (χ1n) is 9.26. The number of anilines is 1. The Morgan fingerprint density at radius 1 is 1.17 bits per heavy atom. The Labute approximate surface area is 168 Å². The van der Waals surface area contributed by atoms with Gasteiger partial charge < -0.3 is 16.5 Å². The average molecular weight is 392 g/mol. The second-order valence-corrected chi connectivity index (χ2v) is 6.78. The van der Waals surface area contributed by atoms with Gasteiger partial charge in [0, 0.05) is 36.4 Å². The molecule has 0 saturated carbocycles. The number of aryl methyl sites for hydroxylation is 2. The Balaban J connectivity index is 1.66. The van der Waals surface area contributed by atoms with Gasteiger partial charge in [0.1, 0.15) is 5.82 Å². The molecule has 8 nitrogen and oxygen atoms in total. The molecule has 0 aliphatic carbocycles. The van der Waals surface area contributed by atoms with Gasteiger partial charge in [0.15, 0.2) is 0 Å². The van der Waals surface area contributed by atoms with Crippen LogP contribution in [-0.2, 0) is 24.3 Å². The second kappa shape index (κ2) is 9.01. The lowest BCUT2D eigenvalue weighted by atomic mass is 10.1. The molecule has 0 spiro atoms. The van der Waals surface area contributed by atoms with Crippen molar-refractivity contribution in [2.45, 2.75) is 33.4 Å². The molecule has 150 valence electrons. The molecule has 0 aliphatic heterocycles. The molecular formula is C21H24N6O2. The number of nitrogen functional groups attached to an aromatic ring is 1. The lowest BCUT2D eigenvalue weighted by molar-refractivity contribution is -0.120. The van der Waals surface area contributed by atoms with E-state index in [-0.39, 0.29) is 17.9 Å². The van der Waals surface area contributed by atoms with Crippen molar-refractivity contribution < 1.29 is 4.79 Å². The Bertz CT molecular complexity index is 1060. The van der Waals surface area contributed by atoms with Crippen molar-refractivity contribution in [3.8, 4) is 0 Å². The number of nitrogens with one attached hydrogen (secondary N) is 2. The highest BCUT2D eigenvalue weighted by Gasteiger charge is 2.13. The van der Waals surface area contributed by atoms with Gasteiger partial charge >= 0.3 is 0 Å². The van der Waals surface area contributed by atoms with Crippen LogP contribution in [0.3, 0.4) is 0 Å². The van der Waals surface area contributed by atoms with E-state index in [1.54, 1.807) is 24.7 Å². The number of carbonyl (C=O) groups is 1. The van der Waals surface area contributed by atoms with Gasteiger partial charge in [-0.25, -0.2) is 9.66 Å². The van der Waals surface area contributed by atoms with Crippen molar-refractivity contribution in [1.82, 2.24) is 20.0 Å². The summed E-state index contributed by atoms with van der Waals surface area (Å²) in [5.74, 6) is 0.211. The van der Waals surface area contributed by atoms with Crippen LogP contribution >= 0.6 is 0 Å². The highest BCUT2D eigenvalue weighted by molar-refractivity contribution is 5.78. The van der Waals surface area contributed by atoms with Gasteiger partial charge in [-0.3, -0.25) is 14.6 Å². The lowest BCUT2D eigenvalue weighted by Crippen LogP contribution is -2.34. The molecule has 0 unspecified atom stereocenters. The van der Waals surface area contributed by atoms with E-state index in [0.29, 0.717) is 24.5 Å². The Hall–Kier alpha value is -3.68. The molecule has 4 N–H and O–H groups in total. The summed E-state index contributed by atoms with van der Waals surface area (Å²) in [5.41, 5.74) is 12.3. The largest absolute Gasteiger partial charge is 0.384 e. The normalized spacial score (nSPS) is 10.6. The molecule has 3 rings (SSSR count). The zero-order valence-electron chi connectivity index (χ0n) is 16.5. The van der Waals surface area contributed by atoms with Crippen molar-refractivity contribution in [2.75, 3.05) is 11.2 Å². The molecule has 0 radical (unpaired) electrons. The molecule has 8 heteroatoms. The zero-order valence-corrected chi connectivity index (χ0v) is 16.5. The second-order valence-electron chi connectivity index (χ2n) is 6.78. The third-order valence-corrected chi connectivity index (χ3v) is 4.63. The van der Waals surface area contributed by atoms with Gasteiger partial charge in [-0.2, -0.15) is 0 Å². The highest BCUT2D eigenvalue weighted by Crippen LogP contribution is 2.08. The molecular weight excluding hydrogens is 368 g/mol. The number of nitrogens with zero attached hydrogens (tertiary/aromatic N) is 3. The SMILES string of the molecule is Cc1ccn(NCc2cccnc2)c(=O)c1CC(=O)NCc1ccc(N)nc1C. The van der Waals surface area contributed by atoms with Gasteiger partial charge in [-0.15, -0.1) is 0 Å². The van der Waals surface area contributed by atoms with Crippen LogP contribution in [-0.4, -0.2) is 20.6 Å². The molecule has 0 fully saturated rings. The standard InChI is InChI=1S/C21H24N6O2/c1-14-7-9-27(25-12-16-4-3-8-23-11-16)21(29)18(14)10-20(28)24-13-17-5-6-19(22)26-15(17)2/h3-9,11,25H,10,12-13H2,1-2H3,(H2,22,26)(H,24,28). The van der Waals surface area contributed by atoms with Crippen LogP contribution in [0.25, 0.3) is 0 Å². The van der Waals surface area contributed by atoms with E-state index in [0.717, 1.165) is 22.4 Å². The smallest absolute Gasteiger partial charge is 0.272 e. The monoisotopic (exact) mass is 392 g/mol. The maximum Gasteiger partial charge on any atom is 0.272 e. The average Bonchev–Trinajstić information content (AvgIpc) is 2.70. The minimum atomic E-state index is -0.241. The molecule has 29 heavy (non-hydrogen) atoms. The topological polar surface area (TPSA) is 115 Å². The number of carbonyl (C=O) groups excluding carboxylic acids is 1. The Morgan fingerprint density at radius 2 is 2.00 bits per heavy atom. The molecule has 0 atom stereocenters. The highest BCUT2D eigenvalue weighted by atomic mass is 16.2. The summed E-state index contributed by atoms with van der Waals surface area (Å²) in [4.78, 5) is 33.5. The van der Waals surface area contributed by atoms with E-state index in [9.17, 15) is 9.59 Å². The van der Waals surface area contributed by atoms with E-state index in [1.165, 1.54) is 4.68 Å². The predicted octanol–water partition coefficient (Wildman–Crippen LogP) is 1.44. The fourth-order valence-corrected chi connectivity index (χ4v) is 2.90. The minimum Gasteiger partial charge on any atom is -0.384 e. The number of hydrogen-bond donors (Lipinski definition) is 3. The summed E-state index contributed by atoms with van der Waals surface area (Å²) < 4.78 is 1.40. The number of amides is 1. The van der Waals surface area contributed by atoms with Crippen molar-refractivity contribution in [2.24, 2.45) is 0 Å². The minimum absolute atomic E-state index is 0.00152. The fourth-order valence-electron chi connectivity index (χ4n) is 2.90. The summed E-state index contributed by atoms with van der Waals surface area (Å²) >= 11 is 0. The first-order chi connectivity index (χ1) is 13.9. The third kappa shape index (κ3) is 5.19. The molecule has 0 aromatic carbocycles. The summed E-state index contributed by atoms with van der Waals surface area (Å²) in [6.07, 6.45) is 5.09. The van der Waals surface area contributed by atoms with Crippen LogP contribution in [0.2, 0.25) is 0 Å². The molecule has 3 aromatic heterocycles. The van der Waals surface area contributed by atoms with Gasteiger partial charge in [-0.1, -0.05) is 12.1 Å². The predicted molar refractivity (Wildman–Crippen MR) is 112 cm³/mol. The molecule has 3 heterocycles. The van der Waals surface area contributed by atoms with E-state index in [1.807, 2.05) is 38.1 Å². The number of rotatable bonds is 7. The molecule has 0 saturated heterocycles. The maximum absolute atomic E-state index is 12.8. The summed E-state index contributed by atoms with van der Waals surface area (Å²) in [5, 5.41) is 2.84. The lowest BCUT2D eigenvalue weighted by Gasteiger charge is -2.13. The quantitative estimate of drug-likeness (QED) is 0.560. The zero-order chi connectivity index (χ0) is 20.8.